The van der Waals surface area contributed by atoms with Crippen molar-refractivity contribution >= 4 is 22.6 Å². The highest BCUT2D eigenvalue weighted by Gasteiger charge is 2.34. The smallest absolute Gasteiger partial charge is 0.405 e. The van der Waals surface area contributed by atoms with E-state index < -0.39 is 23.9 Å². The number of hydrogen-bond acceptors (Lipinski definition) is 2. The van der Waals surface area contributed by atoms with Gasteiger partial charge in [0.1, 0.15) is 5.75 Å². The molecule has 2 aromatic rings. The second-order valence-electron chi connectivity index (χ2n) is 4.09. The average Bonchev–Trinajstić information content (AvgIpc) is 2.35. The third kappa shape index (κ3) is 4.02. The Morgan fingerprint density at radius 2 is 1.64 bits per heavy atom. The number of nitrogens with zero attached hydrogens (tertiary/aromatic N) is 1. The minimum Gasteiger partial charge on any atom is -0.405 e. The van der Waals surface area contributed by atoms with E-state index in [9.17, 15) is 26.3 Å². The number of rotatable bonds is 2. The maximum Gasteiger partial charge on any atom is 0.573 e. The number of benzene rings is 1. The summed E-state index contributed by atoms with van der Waals surface area (Å²) >= 11 is 1.45. The van der Waals surface area contributed by atoms with E-state index >= 15 is 0 Å². The summed E-state index contributed by atoms with van der Waals surface area (Å²) in [4.78, 5) is 3.59. The topological polar surface area (TPSA) is 22.1 Å². The summed E-state index contributed by atoms with van der Waals surface area (Å²) in [5.74, 6) is -0.530. The Kier molecular flexibility index (Phi) is 4.54. The van der Waals surface area contributed by atoms with Gasteiger partial charge in [-0.3, -0.25) is 4.98 Å². The number of hydrogen-bond donors (Lipinski definition) is 0. The van der Waals surface area contributed by atoms with Crippen molar-refractivity contribution < 1.29 is 31.1 Å². The Balaban J connectivity index is 2.47. The van der Waals surface area contributed by atoms with Gasteiger partial charge in [-0.05, 0) is 40.8 Å². The summed E-state index contributed by atoms with van der Waals surface area (Å²) in [6.07, 6.45) is -8.90. The number of pyridine rings is 1. The lowest BCUT2D eigenvalue weighted by molar-refractivity contribution is -0.274. The molecule has 118 valence electrons. The molecule has 0 aliphatic carbocycles. The number of halogens is 7. The van der Waals surface area contributed by atoms with Crippen LogP contribution in [0.15, 0.2) is 36.5 Å². The molecule has 0 aliphatic rings. The lowest BCUT2D eigenvalue weighted by Crippen LogP contribution is -2.17. The number of alkyl halides is 6. The van der Waals surface area contributed by atoms with Crippen molar-refractivity contribution in [1.29, 1.82) is 0 Å². The Labute approximate surface area is 134 Å². The highest BCUT2D eigenvalue weighted by atomic mass is 127. The molecular weight excluding hydrogens is 427 g/mol. The second kappa shape index (κ2) is 5.94. The molecule has 0 atom stereocenters. The summed E-state index contributed by atoms with van der Waals surface area (Å²) in [6, 6.07) is 6.16. The molecule has 1 heterocycles. The van der Waals surface area contributed by atoms with Crippen molar-refractivity contribution in [2.75, 3.05) is 0 Å². The molecule has 2 rings (SSSR count). The maximum atomic E-state index is 12.7. The first kappa shape index (κ1) is 16.8. The maximum absolute atomic E-state index is 12.7. The normalized spacial score (nSPS) is 12.3. The number of aromatic nitrogens is 1. The first-order chi connectivity index (χ1) is 10.1. The van der Waals surface area contributed by atoms with Gasteiger partial charge >= 0.3 is 12.5 Å². The van der Waals surface area contributed by atoms with Gasteiger partial charge in [0, 0.05) is 15.3 Å². The number of para-hydroxylation sites is 1. The van der Waals surface area contributed by atoms with Crippen LogP contribution >= 0.6 is 22.6 Å². The van der Waals surface area contributed by atoms with Gasteiger partial charge in [-0.1, -0.05) is 12.1 Å². The molecule has 0 spiro atoms. The highest BCUT2D eigenvalue weighted by Crippen LogP contribution is 2.36. The Morgan fingerprint density at radius 1 is 1.00 bits per heavy atom. The minimum absolute atomic E-state index is 0.0442. The molecule has 0 saturated heterocycles. The first-order valence-corrected chi connectivity index (χ1v) is 6.74. The molecule has 1 aromatic heterocycles. The lowest BCUT2D eigenvalue weighted by Gasteiger charge is -2.14. The summed E-state index contributed by atoms with van der Waals surface area (Å²) in [7, 11) is 0. The van der Waals surface area contributed by atoms with Gasteiger partial charge < -0.3 is 4.74 Å². The van der Waals surface area contributed by atoms with E-state index in [1.807, 2.05) is 0 Å². The van der Waals surface area contributed by atoms with Crippen molar-refractivity contribution in [3.63, 3.8) is 0 Å². The van der Waals surface area contributed by atoms with E-state index in [4.69, 9.17) is 0 Å². The molecule has 0 aliphatic heterocycles. The van der Waals surface area contributed by atoms with Gasteiger partial charge in [-0.2, -0.15) is 13.2 Å². The van der Waals surface area contributed by atoms with Crippen molar-refractivity contribution in [2.45, 2.75) is 12.5 Å². The van der Waals surface area contributed by atoms with E-state index in [1.165, 1.54) is 40.8 Å². The summed E-state index contributed by atoms with van der Waals surface area (Å²) < 4.78 is 78.7. The predicted octanol–water partition coefficient (Wildman–Crippen LogP) is 5.27. The molecule has 0 amide bonds. The lowest BCUT2D eigenvalue weighted by atomic mass is 10.1. The van der Waals surface area contributed by atoms with Crippen LogP contribution in [0.3, 0.4) is 0 Å². The molecule has 9 heteroatoms. The second-order valence-corrected chi connectivity index (χ2v) is 5.25. The minimum atomic E-state index is -4.91. The van der Waals surface area contributed by atoms with Gasteiger partial charge in [0.2, 0.25) is 0 Å². The molecule has 22 heavy (non-hydrogen) atoms. The van der Waals surface area contributed by atoms with Crippen LogP contribution in [0.25, 0.3) is 11.3 Å². The SMILES string of the molecule is FC(F)(F)Oc1ccccc1-c1cc(I)c(C(F)(F)F)cn1. The zero-order valence-corrected chi connectivity index (χ0v) is 12.6. The molecule has 1 aromatic carbocycles. The van der Waals surface area contributed by atoms with E-state index in [1.54, 1.807) is 0 Å². The van der Waals surface area contributed by atoms with Gasteiger partial charge in [-0.25, -0.2) is 0 Å². The van der Waals surface area contributed by atoms with Crippen LogP contribution in [0.5, 0.6) is 5.75 Å². The summed E-state index contributed by atoms with van der Waals surface area (Å²) in [6.45, 7) is 0. The fraction of sp³-hybridized carbons (Fsp3) is 0.154. The van der Waals surface area contributed by atoms with E-state index in [2.05, 4.69) is 9.72 Å². The van der Waals surface area contributed by atoms with E-state index in [0.29, 0.717) is 6.20 Å². The van der Waals surface area contributed by atoms with Gasteiger partial charge in [0.05, 0.1) is 11.3 Å². The van der Waals surface area contributed by atoms with Gasteiger partial charge in [0.15, 0.2) is 0 Å². The molecule has 0 fully saturated rings. The first-order valence-electron chi connectivity index (χ1n) is 5.66. The van der Waals surface area contributed by atoms with Crippen LogP contribution in [0.1, 0.15) is 5.56 Å². The van der Waals surface area contributed by atoms with Crippen LogP contribution in [-0.2, 0) is 6.18 Å². The van der Waals surface area contributed by atoms with E-state index in [-0.39, 0.29) is 14.8 Å². The van der Waals surface area contributed by atoms with Crippen LogP contribution in [0.4, 0.5) is 26.3 Å². The molecule has 0 saturated carbocycles. The fourth-order valence-electron chi connectivity index (χ4n) is 1.68. The van der Waals surface area contributed by atoms with E-state index in [0.717, 1.165) is 12.1 Å². The molecule has 0 unspecified atom stereocenters. The molecular formula is C13H6F6INO. The zero-order valence-electron chi connectivity index (χ0n) is 10.5. The van der Waals surface area contributed by atoms with Crippen molar-refractivity contribution in [3.8, 4) is 17.0 Å². The van der Waals surface area contributed by atoms with Crippen molar-refractivity contribution in [1.82, 2.24) is 4.98 Å². The molecule has 0 N–H and O–H groups in total. The Bertz CT molecular complexity index is 683. The number of ether oxygens (including phenoxy) is 1. The third-order valence-corrected chi connectivity index (χ3v) is 3.44. The molecule has 0 radical (unpaired) electrons. The summed E-state index contributed by atoms with van der Waals surface area (Å²) in [5.41, 5.74) is -1.05. The van der Waals surface area contributed by atoms with Crippen molar-refractivity contribution in [2.24, 2.45) is 0 Å². The highest BCUT2D eigenvalue weighted by molar-refractivity contribution is 14.1. The fourth-order valence-corrected chi connectivity index (χ4v) is 2.42. The van der Waals surface area contributed by atoms with Crippen LogP contribution in [0.2, 0.25) is 0 Å². The van der Waals surface area contributed by atoms with Crippen molar-refractivity contribution in [3.05, 3.63) is 45.7 Å². The van der Waals surface area contributed by atoms with Crippen LogP contribution < -0.4 is 4.74 Å². The monoisotopic (exact) mass is 433 g/mol. The molecule has 2 nitrogen and oxygen atoms in total. The Morgan fingerprint density at radius 3 is 2.18 bits per heavy atom. The van der Waals surface area contributed by atoms with Gasteiger partial charge in [0.25, 0.3) is 0 Å². The largest absolute Gasteiger partial charge is 0.573 e. The van der Waals surface area contributed by atoms with Crippen LogP contribution in [0, 0.1) is 3.57 Å². The summed E-state index contributed by atoms with van der Waals surface area (Å²) in [5, 5.41) is 0. The van der Waals surface area contributed by atoms with Gasteiger partial charge in [-0.15, -0.1) is 13.2 Å². The average molecular weight is 433 g/mol. The van der Waals surface area contributed by atoms with Crippen LogP contribution in [-0.4, -0.2) is 11.3 Å². The standard InChI is InChI=1S/C13H6F6INO/c14-12(15,16)8-6-21-10(5-9(8)20)7-3-1-2-4-11(7)22-13(17,18)19/h1-6H. The predicted molar refractivity (Wildman–Crippen MR) is 74.1 cm³/mol. The Hall–Kier alpha value is -1.52. The zero-order chi connectivity index (χ0) is 16.5. The molecule has 0 bridgehead atoms. The third-order valence-electron chi connectivity index (χ3n) is 2.55. The quantitative estimate of drug-likeness (QED) is 0.476.